The van der Waals surface area contributed by atoms with Crippen LogP contribution in [0, 0.1) is 0 Å². The summed E-state index contributed by atoms with van der Waals surface area (Å²) < 4.78 is 2.71. The third-order valence-corrected chi connectivity index (χ3v) is 3.43. The van der Waals surface area contributed by atoms with Crippen molar-refractivity contribution in [1.82, 2.24) is 0 Å². The molecule has 0 saturated carbocycles. The zero-order chi connectivity index (χ0) is 15.5. The second kappa shape index (κ2) is 7.19. The van der Waals surface area contributed by atoms with Gasteiger partial charge in [-0.1, -0.05) is 64.1 Å². The molecular weight excluding hydrogens is 369 g/mol. The maximum absolute atomic E-state index is 12.1. The monoisotopic (exact) mass is 376 g/mol. The number of ketones is 1. The minimum absolute atomic E-state index is 0.151. The molecule has 0 saturated heterocycles. The van der Waals surface area contributed by atoms with Crippen LogP contribution < -0.4 is 0 Å². The molecule has 110 valence electrons. The predicted octanol–water partition coefficient (Wildman–Crippen LogP) is 4.41. The fourth-order valence-electron chi connectivity index (χ4n) is 1.43. The number of hydrogen-bond acceptors (Lipinski definition) is 3. The van der Waals surface area contributed by atoms with Crippen molar-refractivity contribution >= 4 is 69.8 Å². The number of carbonyl (C=O) groups excluding carboxylic acids is 2. The van der Waals surface area contributed by atoms with Gasteiger partial charge in [-0.25, -0.2) is 0 Å². The molecule has 0 amide bonds. The van der Waals surface area contributed by atoms with E-state index in [1.165, 1.54) is 6.07 Å². The Kier molecular flexibility index (Phi) is 6.42. The minimum atomic E-state index is -2.05. The Labute approximate surface area is 141 Å². The number of halogens is 5. The van der Waals surface area contributed by atoms with E-state index >= 15 is 0 Å². The van der Waals surface area contributed by atoms with E-state index in [1.54, 1.807) is 12.1 Å². The largest absolute Gasteiger partial charge is 0.450 e. The molecule has 0 fully saturated rings. The van der Waals surface area contributed by atoms with Gasteiger partial charge in [-0.05, 0) is 17.7 Å². The number of ether oxygens (including phenoxy) is 1. The number of rotatable bonds is 4. The van der Waals surface area contributed by atoms with Crippen LogP contribution in [-0.4, -0.2) is 21.6 Å². The zero-order valence-electron chi connectivity index (χ0n) is 10.1. The summed E-state index contributed by atoms with van der Waals surface area (Å²) in [5.74, 6) is -1.30. The average Bonchev–Trinajstić information content (AvgIpc) is 2.28. The summed E-state index contributed by atoms with van der Waals surface area (Å²) in [6, 6.07) is 4.64. The van der Waals surface area contributed by atoms with Gasteiger partial charge in [0.25, 0.3) is 0 Å². The van der Waals surface area contributed by atoms with E-state index in [4.69, 9.17) is 62.7 Å². The van der Waals surface area contributed by atoms with E-state index in [-0.39, 0.29) is 6.42 Å². The lowest BCUT2D eigenvalue weighted by Crippen LogP contribution is -2.39. The molecule has 0 aromatic heterocycles. The van der Waals surface area contributed by atoms with Gasteiger partial charge in [-0.3, -0.25) is 9.59 Å². The van der Waals surface area contributed by atoms with Crippen LogP contribution in [0.4, 0.5) is 0 Å². The van der Waals surface area contributed by atoms with Gasteiger partial charge in [0.2, 0.25) is 9.90 Å². The average molecular weight is 378 g/mol. The molecule has 8 heteroatoms. The van der Waals surface area contributed by atoms with Gasteiger partial charge in [0, 0.05) is 23.4 Å². The molecule has 0 aliphatic rings. The lowest BCUT2D eigenvalue weighted by atomic mass is 10.1. The first kappa shape index (κ1) is 17.9. The standard InChI is InChI=1S/C12H9Cl5O3/c1-6(18)20-11(12(15,16)17)10(19)4-7-2-3-8(13)5-9(7)14/h2-3,5,11H,4H2,1H3. The highest BCUT2D eigenvalue weighted by molar-refractivity contribution is 6.69. The number of alkyl halides is 3. The van der Waals surface area contributed by atoms with Crippen LogP contribution in [0.2, 0.25) is 10.0 Å². The van der Waals surface area contributed by atoms with Crippen molar-refractivity contribution in [2.24, 2.45) is 0 Å². The molecule has 0 bridgehead atoms. The maximum atomic E-state index is 12.1. The first-order valence-electron chi connectivity index (χ1n) is 5.32. The highest BCUT2D eigenvalue weighted by Gasteiger charge is 2.41. The molecule has 20 heavy (non-hydrogen) atoms. The zero-order valence-corrected chi connectivity index (χ0v) is 13.9. The van der Waals surface area contributed by atoms with Crippen LogP contribution in [0.15, 0.2) is 18.2 Å². The van der Waals surface area contributed by atoms with Gasteiger partial charge in [-0.2, -0.15) is 0 Å². The van der Waals surface area contributed by atoms with Crippen molar-refractivity contribution in [2.45, 2.75) is 23.2 Å². The third kappa shape index (κ3) is 5.30. The van der Waals surface area contributed by atoms with Gasteiger partial charge in [0.1, 0.15) is 0 Å². The Bertz CT molecular complexity index is 524. The van der Waals surface area contributed by atoms with Crippen LogP contribution in [0.1, 0.15) is 12.5 Å². The summed E-state index contributed by atoms with van der Waals surface area (Å²) >= 11 is 28.7. The van der Waals surface area contributed by atoms with E-state index in [0.717, 1.165) is 6.92 Å². The van der Waals surface area contributed by atoms with Crippen LogP contribution in [0.3, 0.4) is 0 Å². The van der Waals surface area contributed by atoms with Crippen LogP contribution >= 0.6 is 58.0 Å². The highest BCUT2D eigenvalue weighted by atomic mass is 35.6. The van der Waals surface area contributed by atoms with E-state index in [1.807, 2.05) is 0 Å². The molecular formula is C12H9Cl5O3. The molecule has 0 aliphatic carbocycles. The second-order valence-corrected chi connectivity index (χ2v) is 7.12. The fourth-order valence-corrected chi connectivity index (χ4v) is 2.40. The van der Waals surface area contributed by atoms with Crippen molar-refractivity contribution in [3.8, 4) is 0 Å². The molecule has 1 unspecified atom stereocenters. The second-order valence-electron chi connectivity index (χ2n) is 3.91. The number of hydrogen-bond donors (Lipinski definition) is 0. The number of carbonyl (C=O) groups is 2. The lowest BCUT2D eigenvalue weighted by molar-refractivity contribution is -0.152. The summed E-state index contributed by atoms with van der Waals surface area (Å²) in [7, 11) is 0. The van der Waals surface area contributed by atoms with Gasteiger partial charge in [0.05, 0.1) is 0 Å². The lowest BCUT2D eigenvalue weighted by Gasteiger charge is -2.22. The Morgan fingerprint density at radius 1 is 1.25 bits per heavy atom. The number of benzene rings is 1. The van der Waals surface area contributed by atoms with Gasteiger partial charge >= 0.3 is 5.97 Å². The minimum Gasteiger partial charge on any atom is -0.450 e. The van der Waals surface area contributed by atoms with Gasteiger partial charge in [-0.15, -0.1) is 0 Å². The molecule has 1 aromatic carbocycles. The van der Waals surface area contributed by atoms with Crippen LogP contribution in [0.25, 0.3) is 0 Å². The fraction of sp³-hybridized carbons (Fsp3) is 0.333. The summed E-state index contributed by atoms with van der Waals surface area (Å²) in [5, 5.41) is 0.737. The van der Waals surface area contributed by atoms with Crippen molar-refractivity contribution in [1.29, 1.82) is 0 Å². The number of esters is 1. The van der Waals surface area contributed by atoms with Crippen molar-refractivity contribution in [2.75, 3.05) is 0 Å². The smallest absolute Gasteiger partial charge is 0.303 e. The first-order valence-corrected chi connectivity index (χ1v) is 7.21. The molecule has 1 rings (SSSR count). The molecule has 0 heterocycles. The topological polar surface area (TPSA) is 43.4 Å². The third-order valence-electron chi connectivity index (χ3n) is 2.25. The quantitative estimate of drug-likeness (QED) is 0.576. The summed E-state index contributed by atoms with van der Waals surface area (Å²) in [6.07, 6.45) is -1.65. The van der Waals surface area contributed by atoms with E-state index in [0.29, 0.717) is 15.6 Å². The van der Waals surface area contributed by atoms with E-state index < -0.39 is 21.6 Å². The van der Waals surface area contributed by atoms with Gasteiger partial charge < -0.3 is 4.74 Å². The molecule has 0 aliphatic heterocycles. The highest BCUT2D eigenvalue weighted by Crippen LogP contribution is 2.34. The van der Waals surface area contributed by atoms with Crippen molar-refractivity contribution in [3.63, 3.8) is 0 Å². The van der Waals surface area contributed by atoms with Crippen molar-refractivity contribution < 1.29 is 14.3 Å². The molecule has 3 nitrogen and oxygen atoms in total. The van der Waals surface area contributed by atoms with Gasteiger partial charge in [0.15, 0.2) is 5.78 Å². The van der Waals surface area contributed by atoms with E-state index in [2.05, 4.69) is 0 Å². The van der Waals surface area contributed by atoms with Crippen LogP contribution in [0.5, 0.6) is 0 Å². The molecule has 0 radical (unpaired) electrons. The summed E-state index contributed by atoms with van der Waals surface area (Å²) in [4.78, 5) is 23.1. The molecule has 0 N–H and O–H groups in total. The predicted molar refractivity (Wildman–Crippen MR) is 81.0 cm³/mol. The Balaban J connectivity index is 2.93. The maximum Gasteiger partial charge on any atom is 0.303 e. The Morgan fingerprint density at radius 3 is 2.30 bits per heavy atom. The molecule has 1 aromatic rings. The Hall–Kier alpha value is -0.190. The number of Topliss-reactive ketones (excluding diaryl/α,β-unsaturated/α-hetero) is 1. The van der Waals surface area contributed by atoms with Crippen molar-refractivity contribution in [3.05, 3.63) is 33.8 Å². The molecule has 1 atom stereocenters. The van der Waals surface area contributed by atoms with Crippen LogP contribution in [-0.2, 0) is 20.7 Å². The molecule has 0 spiro atoms. The SMILES string of the molecule is CC(=O)OC(C(=O)Cc1ccc(Cl)cc1Cl)C(Cl)(Cl)Cl. The van der Waals surface area contributed by atoms with E-state index in [9.17, 15) is 9.59 Å². The summed E-state index contributed by atoms with van der Waals surface area (Å²) in [6.45, 7) is 1.12. The normalized spacial score (nSPS) is 12.9. The first-order chi connectivity index (χ1) is 9.11. The Morgan fingerprint density at radius 2 is 1.85 bits per heavy atom. The summed E-state index contributed by atoms with van der Waals surface area (Å²) in [5.41, 5.74) is 0.493.